The van der Waals surface area contributed by atoms with Crippen LogP contribution in [-0.2, 0) is 20.9 Å². The number of amides is 3. The van der Waals surface area contributed by atoms with E-state index in [1.54, 1.807) is 16.7 Å². The molecular formula is C31H39N3O4S. The number of likely N-dealkylation sites (tertiary alicyclic amines) is 1. The Bertz CT molecular complexity index is 1160. The van der Waals surface area contributed by atoms with Gasteiger partial charge in [-0.1, -0.05) is 80.8 Å². The summed E-state index contributed by atoms with van der Waals surface area (Å²) in [7, 11) is 0. The minimum atomic E-state index is -0.828. The Morgan fingerprint density at radius 2 is 1.77 bits per heavy atom. The van der Waals surface area contributed by atoms with Gasteiger partial charge in [0.25, 0.3) is 0 Å². The third-order valence-electron chi connectivity index (χ3n) is 9.52. The van der Waals surface area contributed by atoms with Gasteiger partial charge in [0.1, 0.15) is 6.04 Å². The molecule has 208 valence electrons. The van der Waals surface area contributed by atoms with Gasteiger partial charge < -0.3 is 19.8 Å². The Balaban J connectivity index is 1.40. The average molecular weight is 550 g/mol. The third-order valence-corrected chi connectivity index (χ3v) is 11.3. The van der Waals surface area contributed by atoms with Gasteiger partial charge in [0.05, 0.1) is 29.2 Å². The molecule has 5 aliphatic rings. The molecule has 6 atom stereocenters. The third kappa shape index (κ3) is 4.34. The van der Waals surface area contributed by atoms with Crippen LogP contribution in [-0.4, -0.2) is 85.3 Å². The standard InChI is InChI=1S/C31H39N3O4S/c1-2-22(20-35)34-27-30(38)33(23-13-7-4-8-14-23)18-10-16-31(27)26(29(34)37)25-24(39-31)15-9-17-32(28(25)36)19-21-11-5-3-6-12-21/h3,5-6,9-12,15-16,22-27,35H,2,4,7-8,13-14,17-20H2,1H3/t22-,24-,25+,26-,27?,31-/m0/s1. The van der Waals surface area contributed by atoms with Crippen LogP contribution in [0.25, 0.3) is 0 Å². The second-order valence-corrected chi connectivity index (χ2v) is 13.1. The van der Waals surface area contributed by atoms with Gasteiger partial charge in [-0.2, -0.15) is 0 Å². The number of nitrogens with zero attached hydrogens (tertiary/aromatic N) is 3. The maximum atomic E-state index is 14.5. The summed E-state index contributed by atoms with van der Waals surface area (Å²) in [5.74, 6) is -1.39. The van der Waals surface area contributed by atoms with Gasteiger partial charge in [-0.25, -0.2) is 0 Å². The monoisotopic (exact) mass is 549 g/mol. The topological polar surface area (TPSA) is 81.2 Å². The fraction of sp³-hybridized carbons (Fsp3) is 0.581. The zero-order chi connectivity index (χ0) is 27.1. The smallest absolute Gasteiger partial charge is 0.247 e. The number of benzene rings is 1. The van der Waals surface area contributed by atoms with Crippen LogP contribution >= 0.6 is 11.8 Å². The van der Waals surface area contributed by atoms with Gasteiger partial charge in [0.2, 0.25) is 17.7 Å². The molecule has 39 heavy (non-hydrogen) atoms. The maximum Gasteiger partial charge on any atom is 0.247 e. The van der Waals surface area contributed by atoms with Crippen LogP contribution in [0.1, 0.15) is 51.0 Å². The van der Waals surface area contributed by atoms with E-state index < -0.39 is 28.7 Å². The number of aliphatic hydroxyl groups excluding tert-OH is 1. The number of carbonyl (C=O) groups excluding carboxylic acids is 3. The van der Waals surface area contributed by atoms with E-state index in [0.29, 0.717) is 26.1 Å². The molecule has 1 spiro atoms. The number of hydrogen-bond acceptors (Lipinski definition) is 5. The number of aliphatic hydroxyl groups is 1. The number of thioether (sulfide) groups is 1. The van der Waals surface area contributed by atoms with Crippen molar-refractivity contribution < 1.29 is 19.5 Å². The van der Waals surface area contributed by atoms with Crippen molar-refractivity contribution in [2.45, 2.75) is 80.1 Å². The van der Waals surface area contributed by atoms with Crippen molar-refractivity contribution in [3.8, 4) is 0 Å². The largest absolute Gasteiger partial charge is 0.394 e. The predicted octanol–water partition coefficient (Wildman–Crippen LogP) is 3.38. The van der Waals surface area contributed by atoms with Gasteiger partial charge in [0.15, 0.2) is 0 Å². The Hall–Kier alpha value is -2.58. The highest BCUT2D eigenvalue weighted by atomic mass is 32.2. The van der Waals surface area contributed by atoms with Crippen LogP contribution < -0.4 is 0 Å². The molecular weight excluding hydrogens is 510 g/mol. The summed E-state index contributed by atoms with van der Waals surface area (Å²) in [5.41, 5.74) is 1.05. The second-order valence-electron chi connectivity index (χ2n) is 11.6. The lowest BCUT2D eigenvalue weighted by Gasteiger charge is -2.41. The van der Waals surface area contributed by atoms with Crippen LogP contribution in [0.5, 0.6) is 0 Å². The summed E-state index contributed by atoms with van der Waals surface area (Å²) in [6.07, 6.45) is 14.3. The Kier molecular flexibility index (Phi) is 7.35. The summed E-state index contributed by atoms with van der Waals surface area (Å²) < 4.78 is -0.828. The van der Waals surface area contributed by atoms with Crippen molar-refractivity contribution in [2.24, 2.45) is 11.8 Å². The van der Waals surface area contributed by atoms with E-state index in [1.165, 1.54) is 6.42 Å². The minimum absolute atomic E-state index is 0.0174. The van der Waals surface area contributed by atoms with Crippen molar-refractivity contribution >= 4 is 29.5 Å². The van der Waals surface area contributed by atoms with E-state index >= 15 is 0 Å². The zero-order valence-electron chi connectivity index (χ0n) is 22.7. The molecule has 6 rings (SSSR count). The predicted molar refractivity (Wildman–Crippen MR) is 152 cm³/mol. The molecule has 0 radical (unpaired) electrons. The van der Waals surface area contributed by atoms with E-state index in [1.807, 2.05) is 53.1 Å². The van der Waals surface area contributed by atoms with Gasteiger partial charge in [-0.3, -0.25) is 14.4 Å². The normalized spacial score (nSPS) is 33.6. The van der Waals surface area contributed by atoms with Crippen LogP contribution in [0.2, 0.25) is 0 Å². The van der Waals surface area contributed by atoms with Crippen LogP contribution in [0, 0.1) is 11.8 Å². The molecule has 0 bridgehead atoms. The van der Waals surface area contributed by atoms with Crippen molar-refractivity contribution in [2.75, 3.05) is 19.7 Å². The lowest BCUT2D eigenvalue weighted by atomic mass is 9.78. The van der Waals surface area contributed by atoms with Gasteiger partial charge in [-0.15, -0.1) is 11.8 Å². The molecule has 4 heterocycles. The quantitative estimate of drug-likeness (QED) is 0.551. The molecule has 1 aliphatic carbocycles. The molecule has 3 amide bonds. The van der Waals surface area contributed by atoms with Crippen molar-refractivity contribution in [1.82, 2.24) is 14.7 Å². The van der Waals surface area contributed by atoms with Crippen molar-refractivity contribution in [3.05, 3.63) is 60.2 Å². The lowest BCUT2D eigenvalue weighted by Crippen LogP contribution is -2.58. The van der Waals surface area contributed by atoms with E-state index in [-0.39, 0.29) is 35.6 Å². The summed E-state index contributed by atoms with van der Waals surface area (Å²) in [4.78, 5) is 48.7. The van der Waals surface area contributed by atoms with Crippen molar-refractivity contribution in [3.63, 3.8) is 0 Å². The summed E-state index contributed by atoms with van der Waals surface area (Å²) in [6, 6.07) is 8.95. The Morgan fingerprint density at radius 1 is 1.00 bits per heavy atom. The second kappa shape index (κ2) is 10.8. The zero-order valence-corrected chi connectivity index (χ0v) is 23.5. The number of carbonyl (C=O) groups is 3. The summed E-state index contributed by atoms with van der Waals surface area (Å²) in [5, 5.41) is 10.2. The van der Waals surface area contributed by atoms with Crippen LogP contribution in [0.15, 0.2) is 54.6 Å². The van der Waals surface area contributed by atoms with Gasteiger partial charge >= 0.3 is 0 Å². The number of hydrogen-bond donors (Lipinski definition) is 1. The highest BCUT2D eigenvalue weighted by Crippen LogP contribution is 2.61. The molecule has 1 saturated carbocycles. The van der Waals surface area contributed by atoms with Crippen LogP contribution in [0.3, 0.4) is 0 Å². The average Bonchev–Trinajstić information content (AvgIpc) is 3.28. The molecule has 1 aromatic rings. The van der Waals surface area contributed by atoms with Crippen LogP contribution in [0.4, 0.5) is 0 Å². The molecule has 2 saturated heterocycles. The first kappa shape index (κ1) is 26.6. The van der Waals surface area contributed by atoms with E-state index in [2.05, 4.69) is 18.2 Å². The Morgan fingerprint density at radius 3 is 2.49 bits per heavy atom. The number of fused-ring (bicyclic) bond motifs is 2. The Labute approximate surface area is 235 Å². The molecule has 0 aromatic heterocycles. The lowest BCUT2D eigenvalue weighted by molar-refractivity contribution is -0.148. The fourth-order valence-corrected chi connectivity index (χ4v) is 9.61. The molecule has 1 N–H and O–H groups in total. The maximum absolute atomic E-state index is 14.5. The number of rotatable bonds is 6. The molecule has 8 heteroatoms. The highest BCUT2D eigenvalue weighted by molar-refractivity contribution is 8.02. The molecule has 4 aliphatic heterocycles. The van der Waals surface area contributed by atoms with E-state index in [0.717, 1.165) is 31.2 Å². The first-order valence-electron chi connectivity index (χ1n) is 14.6. The fourth-order valence-electron chi connectivity index (χ4n) is 7.62. The van der Waals surface area contributed by atoms with E-state index in [9.17, 15) is 19.5 Å². The molecule has 7 nitrogen and oxygen atoms in total. The summed E-state index contributed by atoms with van der Waals surface area (Å²) in [6.45, 7) is 3.26. The van der Waals surface area contributed by atoms with Gasteiger partial charge in [0, 0.05) is 30.9 Å². The van der Waals surface area contributed by atoms with E-state index in [4.69, 9.17) is 0 Å². The van der Waals surface area contributed by atoms with Gasteiger partial charge in [-0.05, 0) is 24.8 Å². The minimum Gasteiger partial charge on any atom is -0.394 e. The molecule has 1 aromatic carbocycles. The highest BCUT2D eigenvalue weighted by Gasteiger charge is 2.71. The molecule has 3 fully saturated rings. The summed E-state index contributed by atoms with van der Waals surface area (Å²) >= 11 is 1.62. The first-order valence-corrected chi connectivity index (χ1v) is 15.5. The molecule has 1 unspecified atom stereocenters. The first-order chi connectivity index (χ1) is 19.0. The van der Waals surface area contributed by atoms with Crippen molar-refractivity contribution in [1.29, 1.82) is 0 Å². The SMILES string of the molecule is CC[C@@H](CO)N1C(=O)[C@@H]2[C@@H]3C(=O)N(Cc4ccccc4)CC=C[C@@H]3S[C@@]23C=CCN(C2CCCCC2)C(=O)C13.